The number of rotatable bonds is 5. The van der Waals surface area contributed by atoms with E-state index in [2.05, 4.69) is 11.2 Å². The summed E-state index contributed by atoms with van der Waals surface area (Å²) in [6.07, 6.45) is 5.51. The van der Waals surface area contributed by atoms with Gasteiger partial charge in [0.05, 0.1) is 17.4 Å². The Morgan fingerprint density at radius 1 is 1.07 bits per heavy atom. The summed E-state index contributed by atoms with van der Waals surface area (Å²) < 4.78 is 3.50. The maximum atomic E-state index is 13.3. The van der Waals surface area contributed by atoms with Crippen LogP contribution in [0.25, 0.3) is 16.9 Å². The van der Waals surface area contributed by atoms with Gasteiger partial charge in [0.15, 0.2) is 0 Å². The number of aryl methyl sites for hydroxylation is 2. The Morgan fingerprint density at radius 3 is 2.55 bits per heavy atom. The van der Waals surface area contributed by atoms with Crippen molar-refractivity contribution >= 4 is 5.91 Å². The molecule has 0 aliphatic carbocycles. The van der Waals surface area contributed by atoms with Crippen molar-refractivity contribution in [3.05, 3.63) is 89.9 Å². The van der Waals surface area contributed by atoms with Crippen LogP contribution in [0.1, 0.15) is 21.5 Å². The van der Waals surface area contributed by atoms with Gasteiger partial charge in [-0.2, -0.15) is 10.2 Å². The summed E-state index contributed by atoms with van der Waals surface area (Å²) >= 11 is 0. The van der Waals surface area contributed by atoms with Crippen molar-refractivity contribution in [1.29, 1.82) is 0 Å². The fraction of sp³-hybridized carbons (Fsp3) is 0.174. The average molecular weight is 385 g/mol. The van der Waals surface area contributed by atoms with Crippen molar-refractivity contribution < 1.29 is 4.79 Å². The smallest absolute Gasteiger partial charge is 0.257 e. The lowest BCUT2D eigenvalue weighted by atomic mass is 10.1. The van der Waals surface area contributed by atoms with Gasteiger partial charge < -0.3 is 4.90 Å². The standard InChI is InChI=1S/C23H23N5O/c1-17-8-7-9-19(12-17)22-21(16-28(25-22)20-10-5-4-6-11-20)23(29)26(2)14-18-13-24-27(3)15-18/h4-13,15-16H,14H2,1-3H3. The Morgan fingerprint density at radius 2 is 1.86 bits per heavy atom. The number of hydrogen-bond donors (Lipinski definition) is 0. The van der Waals surface area contributed by atoms with Crippen molar-refractivity contribution in [3.63, 3.8) is 0 Å². The highest BCUT2D eigenvalue weighted by atomic mass is 16.2. The Labute approximate surface area is 170 Å². The number of para-hydroxylation sites is 1. The van der Waals surface area contributed by atoms with E-state index in [4.69, 9.17) is 5.10 Å². The van der Waals surface area contributed by atoms with Crippen LogP contribution in [0, 0.1) is 6.92 Å². The van der Waals surface area contributed by atoms with E-state index in [-0.39, 0.29) is 5.91 Å². The minimum absolute atomic E-state index is 0.0764. The minimum Gasteiger partial charge on any atom is -0.337 e. The molecule has 2 aromatic heterocycles. The highest BCUT2D eigenvalue weighted by molar-refractivity contribution is 5.99. The molecule has 1 amide bonds. The number of benzene rings is 2. The van der Waals surface area contributed by atoms with Crippen LogP contribution >= 0.6 is 0 Å². The van der Waals surface area contributed by atoms with Crippen molar-refractivity contribution in [2.45, 2.75) is 13.5 Å². The Kier molecular flexibility index (Phi) is 4.99. The third-order valence-electron chi connectivity index (χ3n) is 4.78. The largest absolute Gasteiger partial charge is 0.337 e. The molecule has 0 radical (unpaired) electrons. The van der Waals surface area contributed by atoms with Crippen molar-refractivity contribution in [1.82, 2.24) is 24.5 Å². The van der Waals surface area contributed by atoms with Crippen molar-refractivity contribution in [3.8, 4) is 16.9 Å². The molecule has 0 spiro atoms. The molecular weight excluding hydrogens is 362 g/mol. The third kappa shape index (κ3) is 3.96. The van der Waals surface area contributed by atoms with Crippen molar-refractivity contribution in [2.24, 2.45) is 7.05 Å². The van der Waals surface area contributed by atoms with E-state index < -0.39 is 0 Å². The van der Waals surface area contributed by atoms with Gasteiger partial charge in [-0.1, -0.05) is 42.0 Å². The zero-order valence-electron chi connectivity index (χ0n) is 16.8. The first-order valence-corrected chi connectivity index (χ1v) is 9.46. The molecular formula is C23H23N5O. The van der Waals surface area contributed by atoms with E-state index in [0.29, 0.717) is 17.8 Å². The maximum absolute atomic E-state index is 13.3. The van der Waals surface area contributed by atoms with E-state index in [9.17, 15) is 4.79 Å². The summed E-state index contributed by atoms with van der Waals surface area (Å²) in [4.78, 5) is 15.0. The summed E-state index contributed by atoms with van der Waals surface area (Å²) in [6, 6.07) is 17.9. The third-order valence-corrected chi connectivity index (χ3v) is 4.78. The fourth-order valence-corrected chi connectivity index (χ4v) is 3.35. The van der Waals surface area contributed by atoms with Gasteiger partial charge in [-0.15, -0.1) is 0 Å². The molecule has 0 unspecified atom stereocenters. The molecule has 6 heteroatoms. The molecule has 2 aromatic carbocycles. The van der Waals surface area contributed by atoms with E-state index in [0.717, 1.165) is 22.4 Å². The Hall–Kier alpha value is -3.67. The van der Waals surface area contributed by atoms with Gasteiger partial charge in [0.1, 0.15) is 5.69 Å². The number of carbonyl (C=O) groups excluding carboxylic acids is 1. The van der Waals surface area contributed by atoms with E-state index in [1.54, 1.807) is 27.5 Å². The second-order valence-electron chi connectivity index (χ2n) is 7.22. The molecule has 0 atom stereocenters. The molecule has 4 aromatic rings. The maximum Gasteiger partial charge on any atom is 0.257 e. The molecule has 0 aliphatic rings. The highest BCUT2D eigenvalue weighted by Gasteiger charge is 2.22. The predicted molar refractivity (Wildman–Crippen MR) is 113 cm³/mol. The first-order chi connectivity index (χ1) is 14.0. The molecule has 0 saturated heterocycles. The van der Waals surface area contributed by atoms with Crippen molar-refractivity contribution in [2.75, 3.05) is 7.05 Å². The molecule has 146 valence electrons. The monoisotopic (exact) mass is 385 g/mol. The second kappa shape index (κ2) is 7.75. The topological polar surface area (TPSA) is 56.0 Å². The van der Waals surface area contributed by atoms with Gasteiger partial charge in [0.2, 0.25) is 0 Å². The lowest BCUT2D eigenvalue weighted by Gasteiger charge is -2.16. The lowest BCUT2D eigenvalue weighted by Crippen LogP contribution is -2.26. The lowest BCUT2D eigenvalue weighted by molar-refractivity contribution is 0.0786. The van der Waals surface area contributed by atoms with Gasteiger partial charge in [-0.25, -0.2) is 4.68 Å². The zero-order chi connectivity index (χ0) is 20.4. The van der Waals surface area contributed by atoms with Gasteiger partial charge in [0.25, 0.3) is 5.91 Å². The molecule has 0 N–H and O–H groups in total. The van der Waals surface area contributed by atoms with Crippen LogP contribution in [0.5, 0.6) is 0 Å². The van der Waals surface area contributed by atoms with Crippen LogP contribution in [0.15, 0.2) is 73.2 Å². The average Bonchev–Trinajstić information content (AvgIpc) is 3.34. The molecule has 0 aliphatic heterocycles. The summed E-state index contributed by atoms with van der Waals surface area (Å²) in [5.74, 6) is -0.0764. The molecule has 4 rings (SSSR count). The summed E-state index contributed by atoms with van der Waals surface area (Å²) in [7, 11) is 3.67. The normalized spacial score (nSPS) is 10.9. The summed E-state index contributed by atoms with van der Waals surface area (Å²) in [5, 5.41) is 8.94. The number of carbonyl (C=O) groups is 1. The van der Waals surface area contributed by atoms with Crippen LogP contribution in [-0.4, -0.2) is 37.4 Å². The van der Waals surface area contributed by atoms with Gasteiger partial charge >= 0.3 is 0 Å². The van der Waals surface area contributed by atoms with E-state index in [1.807, 2.05) is 74.9 Å². The molecule has 29 heavy (non-hydrogen) atoms. The van der Waals surface area contributed by atoms with Gasteiger partial charge in [-0.05, 0) is 25.1 Å². The van der Waals surface area contributed by atoms with Crippen LogP contribution < -0.4 is 0 Å². The highest BCUT2D eigenvalue weighted by Crippen LogP contribution is 2.26. The minimum atomic E-state index is -0.0764. The number of aromatic nitrogens is 4. The first kappa shape index (κ1) is 18.7. The molecule has 6 nitrogen and oxygen atoms in total. The molecule has 0 fully saturated rings. The van der Waals surface area contributed by atoms with Crippen LogP contribution in [0.4, 0.5) is 0 Å². The van der Waals surface area contributed by atoms with E-state index in [1.165, 1.54) is 0 Å². The molecule has 0 saturated carbocycles. The van der Waals surface area contributed by atoms with Crippen LogP contribution in [0.3, 0.4) is 0 Å². The van der Waals surface area contributed by atoms with Crippen LogP contribution in [-0.2, 0) is 13.6 Å². The SMILES string of the molecule is Cc1cccc(-c2nn(-c3ccccc3)cc2C(=O)N(C)Cc2cnn(C)c2)c1. The number of nitrogens with zero attached hydrogens (tertiary/aromatic N) is 5. The summed E-state index contributed by atoms with van der Waals surface area (Å²) in [6.45, 7) is 2.52. The van der Waals surface area contributed by atoms with Gasteiger partial charge in [0, 0.05) is 44.2 Å². The molecule has 2 heterocycles. The molecule has 0 bridgehead atoms. The Balaban J connectivity index is 1.74. The fourth-order valence-electron chi connectivity index (χ4n) is 3.35. The zero-order valence-corrected chi connectivity index (χ0v) is 16.8. The quantitative estimate of drug-likeness (QED) is 0.524. The number of hydrogen-bond acceptors (Lipinski definition) is 3. The van der Waals surface area contributed by atoms with Crippen LogP contribution in [0.2, 0.25) is 0 Å². The van der Waals surface area contributed by atoms with Gasteiger partial charge in [-0.3, -0.25) is 9.48 Å². The first-order valence-electron chi connectivity index (χ1n) is 9.46. The number of amides is 1. The summed E-state index contributed by atoms with van der Waals surface area (Å²) in [5.41, 5.74) is 5.20. The van der Waals surface area contributed by atoms with E-state index >= 15 is 0 Å². The second-order valence-corrected chi connectivity index (χ2v) is 7.22. The Bertz CT molecular complexity index is 1140. The predicted octanol–water partition coefficient (Wildman–Crippen LogP) is 3.85.